The summed E-state index contributed by atoms with van der Waals surface area (Å²) in [5.41, 5.74) is 0.355. The molecule has 0 heterocycles. The van der Waals surface area contributed by atoms with Crippen LogP contribution in [0.15, 0.2) is 12.7 Å². The van der Waals surface area contributed by atoms with E-state index in [4.69, 9.17) is 0 Å². The molecule has 0 saturated carbocycles. The second-order valence-corrected chi connectivity index (χ2v) is 5.00. The number of rotatable bonds is 7. The van der Waals surface area contributed by atoms with Crippen LogP contribution >= 0.6 is 0 Å². The zero-order valence-corrected chi connectivity index (χ0v) is 11.7. The fourth-order valence-corrected chi connectivity index (χ4v) is 1.11. The van der Waals surface area contributed by atoms with E-state index < -0.39 is 0 Å². The van der Waals surface area contributed by atoms with E-state index in [0.29, 0.717) is 5.41 Å². The average molecular weight is 212 g/mol. The minimum Gasteiger partial charge on any atom is -0.103 e. The summed E-state index contributed by atoms with van der Waals surface area (Å²) in [5.74, 6) is 0. The highest BCUT2D eigenvalue weighted by Crippen LogP contribution is 2.24. The maximum Gasteiger partial charge on any atom is -0.0178 e. The summed E-state index contributed by atoms with van der Waals surface area (Å²) in [6.45, 7) is 15.0. The molecule has 15 heavy (non-hydrogen) atoms. The van der Waals surface area contributed by atoms with E-state index in [9.17, 15) is 0 Å². The molecule has 0 bridgehead atoms. The fourth-order valence-electron chi connectivity index (χ4n) is 1.11. The molecule has 0 nitrogen and oxygen atoms in total. The van der Waals surface area contributed by atoms with E-state index in [1.165, 1.54) is 44.9 Å². The third-order valence-corrected chi connectivity index (χ3v) is 2.73. The highest BCUT2D eigenvalue weighted by atomic mass is 14.2. The maximum absolute atomic E-state index is 3.83. The number of hydrogen-bond donors (Lipinski definition) is 0. The largest absolute Gasteiger partial charge is 0.103 e. The first kappa shape index (κ1) is 17.1. The molecule has 92 valence electrons. The summed E-state index contributed by atoms with van der Waals surface area (Å²) in [6, 6.07) is 0. The van der Waals surface area contributed by atoms with Crippen LogP contribution in [0.3, 0.4) is 0 Å². The first-order valence-electron chi connectivity index (χ1n) is 6.67. The highest BCUT2D eigenvalue weighted by Gasteiger charge is 2.10. The molecule has 0 radical (unpaired) electrons. The van der Waals surface area contributed by atoms with Crippen molar-refractivity contribution in [3.63, 3.8) is 0 Å². The quantitative estimate of drug-likeness (QED) is 0.360. The van der Waals surface area contributed by atoms with E-state index in [-0.39, 0.29) is 0 Å². The summed E-state index contributed by atoms with van der Waals surface area (Å²) >= 11 is 0. The van der Waals surface area contributed by atoms with Crippen molar-refractivity contribution >= 4 is 0 Å². The van der Waals surface area contributed by atoms with E-state index in [1.54, 1.807) is 0 Å². The van der Waals surface area contributed by atoms with E-state index in [2.05, 4.69) is 47.3 Å². The van der Waals surface area contributed by atoms with Crippen LogP contribution in [0, 0.1) is 5.41 Å². The van der Waals surface area contributed by atoms with Crippen LogP contribution in [0.2, 0.25) is 0 Å². The molecule has 0 aromatic carbocycles. The van der Waals surface area contributed by atoms with Gasteiger partial charge in [0, 0.05) is 0 Å². The predicted octanol–water partition coefficient (Wildman–Crippen LogP) is 5.98. The van der Waals surface area contributed by atoms with Gasteiger partial charge in [0.2, 0.25) is 0 Å². The van der Waals surface area contributed by atoms with Gasteiger partial charge >= 0.3 is 0 Å². The Morgan fingerprint density at radius 2 is 1.40 bits per heavy atom. The molecular weight excluding hydrogens is 180 g/mol. The molecule has 0 saturated heterocycles. The number of unbranched alkanes of at least 4 members (excludes halogenated alkanes) is 4. The lowest BCUT2D eigenvalue weighted by Crippen LogP contribution is -2.05. The van der Waals surface area contributed by atoms with Gasteiger partial charge in [-0.15, -0.1) is 6.58 Å². The van der Waals surface area contributed by atoms with Crippen LogP contribution in [-0.4, -0.2) is 0 Å². The molecule has 0 atom stereocenters. The van der Waals surface area contributed by atoms with Gasteiger partial charge in [-0.25, -0.2) is 0 Å². The van der Waals surface area contributed by atoms with E-state index >= 15 is 0 Å². The first-order valence-corrected chi connectivity index (χ1v) is 6.67. The van der Waals surface area contributed by atoms with Crippen LogP contribution in [0.4, 0.5) is 0 Å². The van der Waals surface area contributed by atoms with Gasteiger partial charge < -0.3 is 0 Å². The Bertz CT molecular complexity index is 120. The summed E-state index contributed by atoms with van der Waals surface area (Å²) in [5, 5.41) is 0. The molecule has 0 rings (SSSR count). The molecule has 0 amide bonds. The standard InChI is InChI=1S/C11H22.C4H10/c1-5-7-8-9-10-11(3,4)6-2;1-3-4-2/h6H,2,5,7-10H2,1,3-4H3;3-4H2,1-2H3. The van der Waals surface area contributed by atoms with Gasteiger partial charge in [-0.1, -0.05) is 79.2 Å². The Hall–Kier alpha value is -0.260. The predicted molar refractivity (Wildman–Crippen MR) is 73.3 cm³/mol. The van der Waals surface area contributed by atoms with Crippen LogP contribution in [-0.2, 0) is 0 Å². The minimum atomic E-state index is 0.355. The topological polar surface area (TPSA) is 0 Å². The van der Waals surface area contributed by atoms with Gasteiger partial charge in [0.05, 0.1) is 0 Å². The maximum atomic E-state index is 3.83. The highest BCUT2D eigenvalue weighted by molar-refractivity contribution is 4.86. The van der Waals surface area contributed by atoms with Crippen LogP contribution in [0.1, 0.15) is 79.6 Å². The van der Waals surface area contributed by atoms with Gasteiger partial charge in [-0.05, 0) is 11.8 Å². The van der Waals surface area contributed by atoms with Crippen molar-refractivity contribution in [1.82, 2.24) is 0 Å². The van der Waals surface area contributed by atoms with Crippen molar-refractivity contribution in [1.29, 1.82) is 0 Å². The summed E-state index contributed by atoms with van der Waals surface area (Å²) in [7, 11) is 0. The van der Waals surface area contributed by atoms with Crippen molar-refractivity contribution < 1.29 is 0 Å². The molecule has 0 aromatic rings. The average Bonchev–Trinajstić information content (AvgIpc) is 2.25. The van der Waals surface area contributed by atoms with Gasteiger partial charge in [-0.2, -0.15) is 0 Å². The van der Waals surface area contributed by atoms with Crippen molar-refractivity contribution in [2.75, 3.05) is 0 Å². The molecule has 0 aliphatic rings. The monoisotopic (exact) mass is 212 g/mol. The molecule has 0 aliphatic heterocycles. The van der Waals surface area contributed by atoms with Gasteiger partial charge in [0.1, 0.15) is 0 Å². The number of hydrogen-bond acceptors (Lipinski definition) is 0. The Kier molecular flexibility index (Phi) is 13.5. The molecule has 0 fully saturated rings. The van der Waals surface area contributed by atoms with E-state index in [1.807, 2.05) is 0 Å². The van der Waals surface area contributed by atoms with Crippen molar-refractivity contribution in [2.24, 2.45) is 5.41 Å². The van der Waals surface area contributed by atoms with E-state index in [0.717, 1.165) is 0 Å². The summed E-state index contributed by atoms with van der Waals surface area (Å²) < 4.78 is 0. The second-order valence-electron chi connectivity index (χ2n) is 5.00. The summed E-state index contributed by atoms with van der Waals surface area (Å²) in [6.07, 6.45) is 11.4. The molecule has 0 aromatic heterocycles. The Balaban J connectivity index is 0. The Morgan fingerprint density at radius 1 is 0.867 bits per heavy atom. The fraction of sp³-hybridized carbons (Fsp3) is 0.867. The molecule has 0 N–H and O–H groups in total. The lowest BCUT2D eigenvalue weighted by molar-refractivity contribution is 0.411. The molecular formula is C15H32. The minimum absolute atomic E-state index is 0.355. The van der Waals surface area contributed by atoms with Crippen molar-refractivity contribution in [3.8, 4) is 0 Å². The third kappa shape index (κ3) is 16.4. The molecule has 0 unspecified atom stereocenters. The number of allylic oxidation sites excluding steroid dienone is 1. The smallest absolute Gasteiger partial charge is 0.0178 e. The van der Waals surface area contributed by atoms with Crippen molar-refractivity contribution in [3.05, 3.63) is 12.7 Å². The van der Waals surface area contributed by atoms with Crippen LogP contribution in [0.25, 0.3) is 0 Å². The normalized spacial score (nSPS) is 10.5. The Morgan fingerprint density at radius 3 is 1.73 bits per heavy atom. The zero-order chi connectivity index (χ0) is 12.2. The van der Waals surface area contributed by atoms with Gasteiger partial charge in [-0.3, -0.25) is 0 Å². The van der Waals surface area contributed by atoms with Crippen molar-refractivity contribution in [2.45, 2.75) is 79.6 Å². The lowest BCUT2D eigenvalue weighted by Gasteiger charge is -2.18. The van der Waals surface area contributed by atoms with Crippen LogP contribution < -0.4 is 0 Å². The lowest BCUT2D eigenvalue weighted by atomic mass is 9.87. The SMILES string of the molecule is C=CC(C)(C)CCCCCC.CCCC. The Labute approximate surface area is 98.2 Å². The molecule has 0 heteroatoms. The molecule has 0 spiro atoms. The zero-order valence-electron chi connectivity index (χ0n) is 11.7. The first-order chi connectivity index (χ1) is 7.04. The van der Waals surface area contributed by atoms with Crippen LogP contribution in [0.5, 0.6) is 0 Å². The van der Waals surface area contributed by atoms with Gasteiger partial charge in [0.15, 0.2) is 0 Å². The molecule has 0 aliphatic carbocycles. The summed E-state index contributed by atoms with van der Waals surface area (Å²) in [4.78, 5) is 0. The third-order valence-electron chi connectivity index (χ3n) is 2.73. The van der Waals surface area contributed by atoms with Gasteiger partial charge in [0.25, 0.3) is 0 Å². The second kappa shape index (κ2) is 11.8.